The zero-order chi connectivity index (χ0) is 19.8. The number of carboxylic acids is 2. The number of carbonyl (C=O) groups is 3. The smallest absolute Gasteiger partial charge is 0.341 e. The van der Waals surface area contributed by atoms with Crippen LogP contribution < -0.4 is 9.88 Å². The summed E-state index contributed by atoms with van der Waals surface area (Å²) in [4.78, 5) is 34.3. The lowest BCUT2D eigenvalue weighted by Gasteiger charge is -2.11. The molecule has 8 heteroatoms. The molecule has 1 atom stereocenters. The first-order valence-corrected chi connectivity index (χ1v) is 8.08. The second-order valence-corrected chi connectivity index (χ2v) is 5.75. The lowest BCUT2D eigenvalue weighted by Crippen LogP contribution is -2.44. The summed E-state index contributed by atoms with van der Waals surface area (Å²) < 4.78 is 1.55. The first-order chi connectivity index (χ1) is 12.8. The van der Waals surface area contributed by atoms with E-state index >= 15 is 0 Å². The lowest BCUT2D eigenvalue weighted by molar-refractivity contribution is -0.697. The highest BCUT2D eigenvalue weighted by molar-refractivity contribution is 5.94. The number of phenols is 1. The second-order valence-electron chi connectivity index (χ2n) is 5.75. The summed E-state index contributed by atoms with van der Waals surface area (Å²) in [6, 6.07) is 8.03. The maximum Gasteiger partial charge on any atom is 0.341 e. The number of nitrogens with one attached hydrogen (secondary N) is 1. The Kier molecular flexibility index (Phi) is 6.65. The zero-order valence-electron chi connectivity index (χ0n) is 14.3. The van der Waals surface area contributed by atoms with Crippen molar-refractivity contribution in [2.24, 2.45) is 0 Å². The highest BCUT2D eigenvalue weighted by Gasteiger charge is 2.21. The predicted molar refractivity (Wildman–Crippen MR) is 94.9 cm³/mol. The molecule has 0 saturated carbocycles. The van der Waals surface area contributed by atoms with Gasteiger partial charge in [-0.25, -0.2) is 14.2 Å². The van der Waals surface area contributed by atoms with E-state index in [0.29, 0.717) is 5.56 Å². The molecule has 8 nitrogen and oxygen atoms in total. The number of aromatic carboxylic acids is 1. The molecule has 1 aromatic carbocycles. The number of nitrogens with zero attached hydrogens (tertiary/aromatic N) is 1. The summed E-state index contributed by atoms with van der Waals surface area (Å²) in [5, 5.41) is 29.9. The Morgan fingerprint density at radius 1 is 1.11 bits per heavy atom. The molecule has 0 spiro atoms. The molecule has 0 aliphatic heterocycles. The van der Waals surface area contributed by atoms with Crippen molar-refractivity contribution in [3.05, 3.63) is 66.0 Å². The average Bonchev–Trinajstić information content (AvgIpc) is 2.64. The molecule has 0 radical (unpaired) electrons. The van der Waals surface area contributed by atoms with Crippen LogP contribution in [0.2, 0.25) is 0 Å². The van der Waals surface area contributed by atoms with Crippen LogP contribution in [0.15, 0.2) is 54.9 Å². The van der Waals surface area contributed by atoms with Crippen molar-refractivity contribution in [3.8, 4) is 5.75 Å². The fraction of sp³-hybridized carbons (Fsp3) is 0.158. The molecule has 140 valence electrons. The van der Waals surface area contributed by atoms with Crippen molar-refractivity contribution in [3.63, 3.8) is 0 Å². The number of amides is 1. The normalized spacial score (nSPS) is 11.9. The van der Waals surface area contributed by atoms with E-state index in [1.807, 2.05) is 0 Å². The molecule has 0 bridgehead atoms. The van der Waals surface area contributed by atoms with Gasteiger partial charge in [0.15, 0.2) is 18.9 Å². The van der Waals surface area contributed by atoms with E-state index in [1.54, 1.807) is 29.0 Å². The SMILES string of the molecule is O=C(/C=C/c1ccc(O)cc1)N[C@@H](CC[n+]1cccc(C(=O)O)c1)C(=O)O. The fourth-order valence-corrected chi connectivity index (χ4v) is 2.30. The first kappa shape index (κ1) is 19.6. The lowest BCUT2D eigenvalue weighted by atomic mass is 10.2. The van der Waals surface area contributed by atoms with Gasteiger partial charge in [0.1, 0.15) is 17.4 Å². The van der Waals surface area contributed by atoms with Gasteiger partial charge in [-0.3, -0.25) is 4.79 Å². The van der Waals surface area contributed by atoms with Gasteiger partial charge in [0.05, 0.1) is 0 Å². The second kappa shape index (κ2) is 9.14. The number of aromatic hydroxyl groups is 1. The van der Waals surface area contributed by atoms with Crippen molar-refractivity contribution >= 4 is 23.9 Å². The van der Waals surface area contributed by atoms with Crippen LogP contribution in [0.5, 0.6) is 5.75 Å². The quantitative estimate of drug-likeness (QED) is 0.406. The standard InChI is InChI=1S/C19H18N2O6/c22-15-6-3-13(4-7-15)5-8-17(23)20-16(19(26)27)9-11-21-10-1-2-14(12-21)18(24)25/h1-8,10,12,16H,9,11H2,(H3-,20,22,23,24,25,26,27)/p+1/t16-/m0/s1. The van der Waals surface area contributed by atoms with Gasteiger partial charge in [0.2, 0.25) is 5.91 Å². The molecule has 4 N–H and O–H groups in total. The number of benzene rings is 1. The van der Waals surface area contributed by atoms with Crippen molar-refractivity contribution in [2.45, 2.75) is 19.0 Å². The Morgan fingerprint density at radius 3 is 2.44 bits per heavy atom. The molecule has 0 aliphatic carbocycles. The van der Waals surface area contributed by atoms with Crippen LogP contribution in [0.3, 0.4) is 0 Å². The van der Waals surface area contributed by atoms with Crippen LogP contribution >= 0.6 is 0 Å². The molecule has 0 aliphatic rings. The predicted octanol–water partition coefficient (Wildman–Crippen LogP) is 1.05. The van der Waals surface area contributed by atoms with Crippen LogP contribution in [0, 0.1) is 0 Å². The van der Waals surface area contributed by atoms with E-state index < -0.39 is 23.9 Å². The number of aryl methyl sites for hydroxylation is 1. The third-order valence-corrected chi connectivity index (χ3v) is 3.72. The monoisotopic (exact) mass is 371 g/mol. The maximum atomic E-state index is 12.0. The highest BCUT2D eigenvalue weighted by atomic mass is 16.4. The van der Waals surface area contributed by atoms with Crippen molar-refractivity contribution in [2.75, 3.05) is 0 Å². The summed E-state index contributed by atoms with van der Waals surface area (Å²) in [5.74, 6) is -2.73. The van der Waals surface area contributed by atoms with Gasteiger partial charge < -0.3 is 20.6 Å². The van der Waals surface area contributed by atoms with E-state index in [-0.39, 0.29) is 24.3 Å². The van der Waals surface area contributed by atoms with Gasteiger partial charge in [0, 0.05) is 18.6 Å². The van der Waals surface area contributed by atoms with Crippen LogP contribution in [0.1, 0.15) is 22.3 Å². The minimum Gasteiger partial charge on any atom is -0.508 e. The molecular weight excluding hydrogens is 352 g/mol. The van der Waals surface area contributed by atoms with E-state index in [2.05, 4.69) is 5.32 Å². The van der Waals surface area contributed by atoms with Crippen molar-refractivity contribution < 1.29 is 34.3 Å². The highest BCUT2D eigenvalue weighted by Crippen LogP contribution is 2.10. The minimum absolute atomic E-state index is 0.0852. The van der Waals surface area contributed by atoms with Gasteiger partial charge in [-0.15, -0.1) is 0 Å². The topological polar surface area (TPSA) is 128 Å². The van der Waals surface area contributed by atoms with E-state index in [0.717, 1.165) is 0 Å². The van der Waals surface area contributed by atoms with Gasteiger partial charge >= 0.3 is 11.9 Å². The number of carboxylic acid groups (broad SMARTS) is 2. The molecular formula is C19H19N2O6+. The van der Waals surface area contributed by atoms with Crippen LogP contribution in [-0.2, 0) is 16.1 Å². The summed E-state index contributed by atoms with van der Waals surface area (Å²) >= 11 is 0. The van der Waals surface area contributed by atoms with Crippen molar-refractivity contribution in [1.29, 1.82) is 0 Å². The molecule has 0 fully saturated rings. The van der Waals surface area contributed by atoms with Gasteiger partial charge in [-0.1, -0.05) is 12.1 Å². The van der Waals surface area contributed by atoms with Gasteiger partial charge in [0.25, 0.3) is 0 Å². The molecule has 1 heterocycles. The van der Waals surface area contributed by atoms with E-state index in [4.69, 9.17) is 5.11 Å². The van der Waals surface area contributed by atoms with Gasteiger partial charge in [-0.2, -0.15) is 0 Å². The number of aromatic nitrogens is 1. The van der Waals surface area contributed by atoms with Crippen LogP contribution in [0.4, 0.5) is 0 Å². The molecule has 0 unspecified atom stereocenters. The minimum atomic E-state index is -1.18. The molecule has 0 saturated heterocycles. The average molecular weight is 371 g/mol. The Morgan fingerprint density at radius 2 is 1.81 bits per heavy atom. The first-order valence-electron chi connectivity index (χ1n) is 8.08. The summed E-state index contributed by atoms with van der Waals surface area (Å²) in [5.41, 5.74) is 0.765. The van der Waals surface area contributed by atoms with E-state index in [1.165, 1.54) is 36.5 Å². The largest absolute Gasteiger partial charge is 0.508 e. The van der Waals surface area contributed by atoms with Crippen molar-refractivity contribution in [1.82, 2.24) is 5.32 Å². The Balaban J connectivity index is 1.95. The van der Waals surface area contributed by atoms with Gasteiger partial charge in [-0.05, 0) is 29.8 Å². The third kappa shape index (κ3) is 6.28. The fourth-order valence-electron chi connectivity index (χ4n) is 2.30. The summed E-state index contributed by atoms with van der Waals surface area (Å²) in [6.45, 7) is 0.222. The number of phenolic OH excluding ortho intramolecular Hbond substituents is 1. The molecule has 27 heavy (non-hydrogen) atoms. The zero-order valence-corrected chi connectivity index (χ0v) is 14.3. The number of carbonyl (C=O) groups excluding carboxylic acids is 1. The Bertz CT molecular complexity index is 861. The Hall–Kier alpha value is -3.68. The van der Waals surface area contributed by atoms with Crippen LogP contribution in [0.25, 0.3) is 6.08 Å². The number of rotatable bonds is 8. The number of aliphatic carboxylic acids is 1. The maximum absolute atomic E-state index is 12.0. The molecule has 1 aromatic heterocycles. The van der Waals surface area contributed by atoms with Crippen LogP contribution in [-0.4, -0.2) is 39.2 Å². The Labute approximate surface area is 155 Å². The van der Waals surface area contributed by atoms with E-state index in [9.17, 15) is 24.6 Å². The number of hydrogen-bond acceptors (Lipinski definition) is 4. The third-order valence-electron chi connectivity index (χ3n) is 3.72. The number of hydrogen-bond donors (Lipinski definition) is 4. The summed E-state index contributed by atoms with van der Waals surface area (Å²) in [7, 11) is 0. The molecule has 2 rings (SSSR count). The molecule has 1 amide bonds. The molecule has 2 aromatic rings. The number of pyridine rings is 1. The summed E-state index contributed by atoms with van der Waals surface area (Å²) in [6.07, 6.45) is 5.81.